The molecule has 1 amide bonds. The summed E-state index contributed by atoms with van der Waals surface area (Å²) in [5.41, 5.74) is 1.27. The highest BCUT2D eigenvalue weighted by atomic mass is 16.6. The zero-order valence-electron chi connectivity index (χ0n) is 40.6. The maximum atomic E-state index is 14.4. The van der Waals surface area contributed by atoms with Gasteiger partial charge in [-0.3, -0.25) is 19.2 Å². The lowest BCUT2D eigenvalue weighted by molar-refractivity contribution is -0.265. The molecule has 2 unspecified atom stereocenters. The number of Topliss-reactive ketones (excluding diaryl/α,β-unsaturated/α-hetero) is 3. The average Bonchev–Trinajstić information content (AvgIpc) is 3.28. The van der Waals surface area contributed by atoms with E-state index in [1.807, 2.05) is 58.1 Å². The fourth-order valence-electron chi connectivity index (χ4n) is 10.1. The third kappa shape index (κ3) is 14.3. The van der Waals surface area contributed by atoms with Crippen molar-refractivity contribution in [3.05, 3.63) is 47.6 Å². The van der Waals surface area contributed by atoms with Crippen molar-refractivity contribution in [2.45, 2.75) is 180 Å². The summed E-state index contributed by atoms with van der Waals surface area (Å²) in [4.78, 5) is 71.8. The van der Waals surface area contributed by atoms with Gasteiger partial charge in [0.05, 0.1) is 24.4 Å². The SMILES string of the molecule is CO[C@H]1C[C@@H]2CC[C@@H](C)[C@@](O)(O2)C(=O)C(=O)N2CCCCC2C(=O)O[C@H]([C@H](C)CC2CC[C@@H](O)[C@H](OC)C2)CC(=O)[C@H](C)/C=C(\C)[C@H](O)[C@@H](OC)C(=O)[C@H](C)C[C@H](C)/C=C/C=CC=C1C. The summed E-state index contributed by atoms with van der Waals surface area (Å²) < 4.78 is 29.4. The highest BCUT2D eigenvalue weighted by molar-refractivity contribution is 6.39. The Morgan fingerprint density at radius 3 is 2.25 bits per heavy atom. The van der Waals surface area contributed by atoms with Gasteiger partial charge in [-0.1, -0.05) is 71.1 Å². The lowest BCUT2D eigenvalue weighted by atomic mass is 9.78. The molecule has 14 nitrogen and oxygen atoms in total. The number of hydrogen-bond donors (Lipinski definition) is 3. The summed E-state index contributed by atoms with van der Waals surface area (Å²) >= 11 is 0. The molecule has 2 saturated heterocycles. The van der Waals surface area contributed by atoms with E-state index in [-0.39, 0.29) is 54.8 Å². The normalized spacial score (nSPS) is 39.1. The maximum Gasteiger partial charge on any atom is 0.329 e. The van der Waals surface area contributed by atoms with Crippen molar-refractivity contribution in [3.63, 3.8) is 0 Å². The van der Waals surface area contributed by atoms with Gasteiger partial charge in [-0.25, -0.2) is 4.79 Å². The van der Waals surface area contributed by atoms with E-state index < -0.39 is 83.9 Å². The Hall–Kier alpha value is -3.37. The van der Waals surface area contributed by atoms with E-state index in [0.29, 0.717) is 63.4 Å². The molecule has 4 aliphatic rings. The van der Waals surface area contributed by atoms with Gasteiger partial charge in [0.15, 0.2) is 5.78 Å². The van der Waals surface area contributed by atoms with Crippen LogP contribution in [-0.2, 0) is 47.7 Å². The van der Waals surface area contributed by atoms with Gasteiger partial charge in [-0.05, 0) is 107 Å². The molecule has 2 bridgehead atoms. The molecule has 1 saturated carbocycles. The highest BCUT2D eigenvalue weighted by Crippen LogP contribution is 2.38. The number of cyclic esters (lactones) is 1. The molecule has 0 aromatic rings. The highest BCUT2D eigenvalue weighted by Gasteiger charge is 2.53. The average molecular weight is 914 g/mol. The minimum Gasteiger partial charge on any atom is -0.460 e. The zero-order chi connectivity index (χ0) is 48.2. The van der Waals surface area contributed by atoms with Crippen LogP contribution < -0.4 is 0 Å². The number of allylic oxidation sites excluding steroid dienone is 6. The Balaban J connectivity index is 1.70. The number of ketones is 3. The first kappa shape index (κ1) is 54.2. The van der Waals surface area contributed by atoms with Gasteiger partial charge in [0.1, 0.15) is 30.1 Å². The van der Waals surface area contributed by atoms with Crippen LogP contribution in [0.1, 0.15) is 126 Å². The van der Waals surface area contributed by atoms with Crippen LogP contribution in [-0.4, -0.2) is 132 Å². The van der Waals surface area contributed by atoms with Crippen molar-refractivity contribution in [3.8, 4) is 0 Å². The third-order valence-electron chi connectivity index (χ3n) is 14.5. The number of fused-ring (bicyclic) bond motifs is 3. The minimum atomic E-state index is -2.43. The lowest BCUT2D eigenvalue weighted by Gasteiger charge is -2.42. The smallest absolute Gasteiger partial charge is 0.329 e. The van der Waals surface area contributed by atoms with Gasteiger partial charge in [0.2, 0.25) is 5.79 Å². The lowest BCUT2D eigenvalue weighted by Crippen LogP contribution is -2.61. The standard InChI is InChI=1S/C51H79NO13/c1-30-16-12-11-13-17-31(2)42(61-8)28-38-21-19-36(7)51(60,65-38)48(57)49(58)52-23-15-14-18-39(52)50(59)64-43(33(4)26-37-20-22-40(53)44(27-37)62-9)29-41(54)32(3)25-35(6)46(56)47(63-10)45(55)34(5)24-30/h11-13,16-17,25,30,32-34,36-40,42-44,46-47,53,56,60H,14-15,18-24,26-29H2,1-10H3/b13-11?,16-12+,31-17?,35-25+/t30-,32-,33-,34-,36-,37?,38+,39?,40-,42+,43+,44-,46+,47+,51-/m1/s1. The Bertz CT molecular complexity index is 1760. The van der Waals surface area contributed by atoms with Crippen LogP contribution in [0.2, 0.25) is 0 Å². The van der Waals surface area contributed by atoms with Gasteiger partial charge < -0.3 is 43.9 Å². The number of piperidine rings is 1. The number of esters is 1. The summed E-state index contributed by atoms with van der Waals surface area (Å²) in [7, 11) is 4.52. The number of hydrogen-bond acceptors (Lipinski definition) is 13. The number of nitrogens with zero attached hydrogens (tertiary/aromatic N) is 1. The van der Waals surface area contributed by atoms with Crippen molar-refractivity contribution in [2.24, 2.45) is 35.5 Å². The molecule has 0 radical (unpaired) electrons. The van der Waals surface area contributed by atoms with Crippen LogP contribution in [0.4, 0.5) is 0 Å². The number of carbonyl (C=O) groups excluding carboxylic acids is 5. The monoisotopic (exact) mass is 914 g/mol. The largest absolute Gasteiger partial charge is 0.460 e. The fraction of sp³-hybridized carbons (Fsp3) is 0.745. The van der Waals surface area contributed by atoms with E-state index in [1.165, 1.54) is 12.0 Å². The van der Waals surface area contributed by atoms with E-state index in [9.17, 15) is 39.3 Å². The topological polar surface area (TPSA) is 195 Å². The van der Waals surface area contributed by atoms with E-state index in [0.717, 1.165) is 12.0 Å². The fourth-order valence-corrected chi connectivity index (χ4v) is 10.1. The van der Waals surface area contributed by atoms with Gasteiger partial charge in [0, 0.05) is 58.5 Å². The molecule has 15 atom stereocenters. The molecule has 0 aromatic heterocycles. The van der Waals surface area contributed by atoms with Crippen LogP contribution >= 0.6 is 0 Å². The molecule has 0 spiro atoms. The van der Waals surface area contributed by atoms with E-state index >= 15 is 0 Å². The first-order valence-corrected chi connectivity index (χ1v) is 23.9. The van der Waals surface area contributed by atoms with Gasteiger partial charge in [0.25, 0.3) is 11.7 Å². The third-order valence-corrected chi connectivity index (χ3v) is 14.5. The first-order valence-electron chi connectivity index (χ1n) is 23.9. The minimum absolute atomic E-state index is 0.0193. The molecular weight excluding hydrogens is 835 g/mol. The van der Waals surface area contributed by atoms with Crippen LogP contribution in [0.5, 0.6) is 0 Å². The van der Waals surface area contributed by atoms with Gasteiger partial charge >= 0.3 is 5.97 Å². The number of rotatable bonds is 6. The summed E-state index contributed by atoms with van der Waals surface area (Å²) in [6.07, 6.45) is 11.2. The number of amides is 1. The Morgan fingerprint density at radius 2 is 1.57 bits per heavy atom. The van der Waals surface area contributed by atoms with Gasteiger partial charge in [-0.15, -0.1) is 0 Å². The molecule has 1 aliphatic carbocycles. The zero-order valence-corrected chi connectivity index (χ0v) is 40.6. The van der Waals surface area contributed by atoms with Crippen LogP contribution in [0.3, 0.4) is 0 Å². The molecule has 3 N–H and O–H groups in total. The van der Waals surface area contributed by atoms with E-state index in [1.54, 1.807) is 41.1 Å². The summed E-state index contributed by atoms with van der Waals surface area (Å²) in [6, 6.07) is -1.14. The molecule has 4 rings (SSSR count). The van der Waals surface area contributed by atoms with Crippen LogP contribution in [0.15, 0.2) is 47.6 Å². The Morgan fingerprint density at radius 1 is 0.846 bits per heavy atom. The second-order valence-electron chi connectivity index (χ2n) is 19.6. The molecule has 3 aliphatic heterocycles. The molecule has 3 fully saturated rings. The number of methoxy groups -OCH3 is 3. The number of carbonyl (C=O) groups is 5. The first-order chi connectivity index (χ1) is 30.7. The Labute approximate surface area is 387 Å². The van der Waals surface area contributed by atoms with E-state index in [2.05, 4.69) is 0 Å². The van der Waals surface area contributed by atoms with Gasteiger partial charge in [-0.2, -0.15) is 0 Å². The van der Waals surface area contributed by atoms with Crippen molar-refractivity contribution >= 4 is 29.2 Å². The molecule has 14 heteroatoms. The van der Waals surface area contributed by atoms with Crippen molar-refractivity contribution in [1.29, 1.82) is 0 Å². The van der Waals surface area contributed by atoms with Crippen molar-refractivity contribution < 1.29 is 63.0 Å². The molecule has 366 valence electrons. The van der Waals surface area contributed by atoms with Crippen molar-refractivity contribution in [1.82, 2.24) is 4.90 Å². The van der Waals surface area contributed by atoms with Crippen molar-refractivity contribution in [2.75, 3.05) is 27.9 Å². The Kier molecular flexibility index (Phi) is 21.0. The molecular formula is C51H79NO13. The molecule has 3 heterocycles. The summed E-state index contributed by atoms with van der Waals surface area (Å²) in [5.74, 6) is -7.96. The summed E-state index contributed by atoms with van der Waals surface area (Å²) in [5, 5.41) is 33.8. The second-order valence-corrected chi connectivity index (χ2v) is 19.6. The second kappa shape index (κ2) is 25.1. The number of aliphatic hydroxyl groups is 3. The van der Waals surface area contributed by atoms with E-state index in [4.69, 9.17) is 23.7 Å². The number of aliphatic hydroxyl groups excluding tert-OH is 2. The van der Waals surface area contributed by atoms with Crippen LogP contribution in [0.25, 0.3) is 0 Å². The quantitative estimate of drug-likeness (QED) is 0.156. The molecule has 0 aromatic carbocycles. The predicted molar refractivity (Wildman–Crippen MR) is 245 cm³/mol. The molecule has 65 heavy (non-hydrogen) atoms. The predicted octanol–water partition coefficient (Wildman–Crippen LogP) is 6.18. The number of ether oxygens (including phenoxy) is 5. The summed E-state index contributed by atoms with van der Waals surface area (Å²) in [6.45, 7) is 12.7. The maximum absolute atomic E-state index is 14.4. The van der Waals surface area contributed by atoms with Crippen LogP contribution in [0, 0.1) is 35.5 Å².